The molecule has 0 aromatic rings. The zero-order valence-electron chi connectivity index (χ0n) is 8.24. The average molecular weight is 228 g/mol. The molecule has 1 fully saturated rings. The van der Waals surface area contributed by atoms with E-state index in [9.17, 15) is 12.8 Å². The first-order valence-corrected chi connectivity index (χ1v) is 6.04. The van der Waals surface area contributed by atoms with E-state index in [1.54, 1.807) is 4.90 Å². The van der Waals surface area contributed by atoms with Gasteiger partial charge >= 0.3 is 0 Å². The van der Waals surface area contributed by atoms with E-state index >= 15 is 0 Å². The van der Waals surface area contributed by atoms with Crippen molar-refractivity contribution in [3.05, 3.63) is 0 Å². The third kappa shape index (κ3) is 8.36. The second-order valence-electron chi connectivity index (χ2n) is 2.86. The third-order valence-corrected chi connectivity index (χ3v) is 2.47. The number of halogens is 1. The van der Waals surface area contributed by atoms with Crippen LogP contribution in [0.3, 0.4) is 0 Å². The Balaban J connectivity index is 0.000000255. The number of nitrogens with one attached hydrogen (secondary N) is 1. The summed E-state index contributed by atoms with van der Waals surface area (Å²) in [5.74, 6) is -0.201. The van der Waals surface area contributed by atoms with Crippen LogP contribution >= 0.6 is 0 Å². The van der Waals surface area contributed by atoms with Crippen molar-refractivity contribution in [1.82, 2.24) is 10.2 Å². The minimum Gasteiger partial charge on any atom is -0.314 e. The van der Waals surface area contributed by atoms with Crippen molar-refractivity contribution in [3.63, 3.8) is 0 Å². The molecule has 0 aromatic carbocycles. The molecule has 1 aliphatic heterocycles. The van der Waals surface area contributed by atoms with Crippen molar-refractivity contribution in [3.8, 4) is 0 Å². The molecule has 14 heavy (non-hydrogen) atoms. The van der Waals surface area contributed by atoms with Crippen molar-refractivity contribution in [1.29, 1.82) is 0 Å². The molecule has 0 saturated carbocycles. The van der Waals surface area contributed by atoms with E-state index in [2.05, 4.69) is 5.32 Å². The van der Waals surface area contributed by atoms with Crippen molar-refractivity contribution < 1.29 is 17.4 Å². The molecule has 1 rings (SSSR count). The van der Waals surface area contributed by atoms with Crippen LogP contribution in [-0.4, -0.2) is 56.6 Å². The summed E-state index contributed by atoms with van der Waals surface area (Å²) in [6, 6.07) is 0. The lowest BCUT2D eigenvalue weighted by Crippen LogP contribution is -2.42. The highest BCUT2D eigenvalue weighted by Crippen LogP contribution is 1.89. The number of hydrogen-bond acceptors (Lipinski definition) is 4. The summed E-state index contributed by atoms with van der Waals surface area (Å²) in [6.07, 6.45) is 0. The van der Waals surface area contributed by atoms with Crippen LogP contribution in [0.15, 0.2) is 0 Å². The minimum absolute atomic E-state index is 0.201. The fraction of sp³-hybridized carbons (Fsp3) is 1.00. The molecule has 7 heteroatoms. The van der Waals surface area contributed by atoms with Crippen LogP contribution in [0, 0.1) is 0 Å². The lowest BCUT2D eigenvalue weighted by Gasteiger charge is -2.23. The predicted molar refractivity (Wildman–Crippen MR) is 52.5 cm³/mol. The molecule has 1 saturated heterocycles. The molecule has 0 spiro atoms. The summed E-state index contributed by atoms with van der Waals surface area (Å²) >= 11 is 0. The molecule has 0 bridgehead atoms. The highest BCUT2D eigenvalue weighted by atomic mass is 32.2. The topological polar surface area (TPSA) is 69.6 Å². The van der Waals surface area contributed by atoms with E-state index in [-0.39, 0.29) is 12.6 Å². The van der Waals surface area contributed by atoms with E-state index in [0.29, 0.717) is 0 Å². The van der Waals surface area contributed by atoms with Gasteiger partial charge in [-0.3, -0.25) is 9.45 Å². The second-order valence-corrected chi connectivity index (χ2v) is 4.60. The van der Waals surface area contributed by atoms with Crippen LogP contribution in [0.25, 0.3) is 0 Å². The fourth-order valence-electron chi connectivity index (χ4n) is 0.831. The van der Waals surface area contributed by atoms with Crippen molar-refractivity contribution in [2.45, 2.75) is 6.92 Å². The maximum atomic E-state index is 11.8. The van der Waals surface area contributed by atoms with Crippen LogP contribution in [0.2, 0.25) is 0 Å². The fourth-order valence-corrected chi connectivity index (χ4v) is 0.831. The summed E-state index contributed by atoms with van der Waals surface area (Å²) in [5, 5.41) is 3.14. The zero-order valence-corrected chi connectivity index (χ0v) is 9.06. The predicted octanol–water partition coefficient (Wildman–Crippen LogP) is -0.287. The van der Waals surface area contributed by atoms with Gasteiger partial charge in [0.1, 0.15) is 6.80 Å². The van der Waals surface area contributed by atoms with E-state index in [1.807, 2.05) is 0 Å². The molecule has 2 N–H and O–H groups in total. The molecule has 1 heterocycles. The molecule has 0 unspecified atom stereocenters. The maximum Gasteiger partial charge on any atom is 0.264 e. The Morgan fingerprint density at radius 3 is 2.07 bits per heavy atom. The van der Waals surface area contributed by atoms with Gasteiger partial charge in [-0.15, -0.1) is 0 Å². The molecule has 0 amide bonds. The monoisotopic (exact) mass is 228 g/mol. The zero-order chi connectivity index (χ0) is 11.0. The number of nitrogens with zero attached hydrogens (tertiary/aromatic N) is 1. The van der Waals surface area contributed by atoms with Crippen molar-refractivity contribution in [2.75, 3.05) is 38.7 Å². The van der Waals surface area contributed by atoms with E-state index < -0.39 is 10.1 Å². The van der Waals surface area contributed by atoms with Gasteiger partial charge in [0.05, 0.1) is 5.75 Å². The molecule has 1 aliphatic rings. The molecule has 86 valence electrons. The summed E-state index contributed by atoms with van der Waals surface area (Å²) in [5.41, 5.74) is 0. The SMILES string of the molecule is CCS(=O)(=O)O.FCN1CCNCC1. The van der Waals surface area contributed by atoms with Crippen LogP contribution in [0.1, 0.15) is 6.92 Å². The summed E-state index contributed by atoms with van der Waals surface area (Å²) in [7, 11) is -3.66. The van der Waals surface area contributed by atoms with Crippen LogP contribution in [-0.2, 0) is 10.1 Å². The lowest BCUT2D eigenvalue weighted by atomic mass is 10.4. The Kier molecular flexibility index (Phi) is 6.98. The first-order chi connectivity index (χ1) is 6.49. The van der Waals surface area contributed by atoms with Crippen molar-refractivity contribution in [2.24, 2.45) is 0 Å². The van der Waals surface area contributed by atoms with Gasteiger partial charge in [0.15, 0.2) is 0 Å². The third-order valence-electron chi connectivity index (χ3n) is 1.74. The number of hydrogen-bond donors (Lipinski definition) is 2. The van der Waals surface area contributed by atoms with Gasteiger partial charge in [-0.05, 0) is 6.92 Å². The molecule has 0 aliphatic carbocycles. The Morgan fingerprint density at radius 2 is 1.86 bits per heavy atom. The minimum atomic E-state index is -3.66. The first-order valence-electron chi connectivity index (χ1n) is 4.43. The van der Waals surface area contributed by atoms with Crippen LogP contribution in [0.4, 0.5) is 4.39 Å². The molecule has 5 nitrogen and oxygen atoms in total. The molecular weight excluding hydrogens is 211 g/mol. The highest BCUT2D eigenvalue weighted by molar-refractivity contribution is 7.85. The Labute approximate surface area is 84.0 Å². The smallest absolute Gasteiger partial charge is 0.264 e. The average Bonchev–Trinajstić information content (AvgIpc) is 2.19. The molecule has 0 radical (unpaired) electrons. The van der Waals surface area contributed by atoms with E-state index in [4.69, 9.17) is 4.55 Å². The maximum absolute atomic E-state index is 11.8. The standard InChI is InChI=1S/C5H11FN2.C2H6O3S/c6-5-8-3-1-7-2-4-8;1-2-6(3,4)5/h7H,1-5H2;2H2,1H3,(H,3,4,5). The summed E-state index contributed by atoms with van der Waals surface area (Å²) < 4.78 is 38.7. The van der Waals surface area contributed by atoms with Gasteiger partial charge < -0.3 is 5.32 Å². The van der Waals surface area contributed by atoms with E-state index in [1.165, 1.54) is 6.92 Å². The van der Waals surface area contributed by atoms with Crippen LogP contribution < -0.4 is 5.32 Å². The van der Waals surface area contributed by atoms with Gasteiger partial charge in [0, 0.05) is 26.2 Å². The number of rotatable bonds is 2. The molecule has 0 atom stereocenters. The van der Waals surface area contributed by atoms with Gasteiger partial charge in [-0.25, -0.2) is 4.39 Å². The first kappa shape index (κ1) is 13.8. The van der Waals surface area contributed by atoms with Gasteiger partial charge in [-0.2, -0.15) is 8.42 Å². The summed E-state index contributed by atoms with van der Waals surface area (Å²) in [4.78, 5) is 1.79. The van der Waals surface area contributed by atoms with Gasteiger partial charge in [0.25, 0.3) is 10.1 Å². The lowest BCUT2D eigenvalue weighted by molar-refractivity contribution is 0.166. The Bertz CT molecular complexity index is 227. The number of piperazine rings is 1. The summed E-state index contributed by atoms with van der Waals surface area (Å²) in [6.45, 7) is 4.66. The number of alkyl halides is 1. The van der Waals surface area contributed by atoms with Crippen LogP contribution in [0.5, 0.6) is 0 Å². The Hall–Kier alpha value is -0.240. The van der Waals surface area contributed by atoms with Gasteiger partial charge in [0.2, 0.25) is 0 Å². The van der Waals surface area contributed by atoms with Crippen molar-refractivity contribution >= 4 is 10.1 Å². The molecular formula is C7H17FN2O3S. The largest absolute Gasteiger partial charge is 0.314 e. The van der Waals surface area contributed by atoms with E-state index in [0.717, 1.165) is 26.2 Å². The Morgan fingerprint density at radius 1 is 1.43 bits per heavy atom. The van der Waals surface area contributed by atoms with Gasteiger partial charge in [-0.1, -0.05) is 0 Å². The normalized spacial score (nSPS) is 18.5. The second kappa shape index (κ2) is 7.10. The quantitative estimate of drug-likeness (QED) is 0.502. The molecule has 0 aromatic heterocycles. The highest BCUT2D eigenvalue weighted by Gasteiger charge is 2.06.